The first-order valence-electron chi connectivity index (χ1n) is 13.6. The molecular weight excluding hydrogens is 380 g/mol. The van der Waals surface area contributed by atoms with Crippen LogP contribution in [0.15, 0.2) is 11.6 Å². The van der Waals surface area contributed by atoms with E-state index in [2.05, 4.69) is 40.7 Å². The van der Waals surface area contributed by atoms with Crippen LogP contribution in [0, 0.1) is 22.7 Å². The molecule has 2 aliphatic carbocycles. The Morgan fingerprint density at radius 2 is 1.52 bits per heavy atom. The summed E-state index contributed by atoms with van der Waals surface area (Å²) in [5.41, 5.74) is 2.11. The van der Waals surface area contributed by atoms with Crippen molar-refractivity contribution < 1.29 is 9.53 Å². The maximum Gasteiger partial charge on any atom is 0.305 e. The maximum absolute atomic E-state index is 12.4. The molecule has 0 aromatic rings. The fourth-order valence-electron chi connectivity index (χ4n) is 6.64. The number of fused-ring (bicyclic) bond motifs is 1. The molecule has 0 N–H and O–H groups in total. The van der Waals surface area contributed by atoms with E-state index in [-0.39, 0.29) is 11.4 Å². The van der Waals surface area contributed by atoms with E-state index in [1.165, 1.54) is 95.5 Å². The number of carbonyl (C=O) groups excluding carboxylic acids is 1. The number of esters is 1. The third-order valence-electron chi connectivity index (χ3n) is 8.69. The summed E-state index contributed by atoms with van der Waals surface area (Å²) in [6.45, 7) is 12.5. The summed E-state index contributed by atoms with van der Waals surface area (Å²) in [7, 11) is 0. The zero-order chi connectivity index (χ0) is 22.7. The molecule has 1 saturated carbocycles. The van der Waals surface area contributed by atoms with Crippen molar-refractivity contribution in [2.75, 3.05) is 6.61 Å². The highest BCUT2D eigenvalue weighted by atomic mass is 16.5. The fraction of sp³-hybridized carbons (Fsp3) is 0.897. The Bertz CT molecular complexity index is 561. The minimum atomic E-state index is 0.0181. The summed E-state index contributed by atoms with van der Waals surface area (Å²) in [6.07, 6.45) is 22.6. The normalized spacial score (nSPS) is 27.5. The lowest BCUT2D eigenvalue weighted by molar-refractivity contribution is -0.148. The summed E-state index contributed by atoms with van der Waals surface area (Å²) in [5, 5.41) is 0. The van der Waals surface area contributed by atoms with Gasteiger partial charge in [-0.15, -0.1) is 0 Å². The molecule has 0 bridgehead atoms. The first kappa shape index (κ1) is 26.5. The Morgan fingerprint density at radius 1 is 0.935 bits per heavy atom. The van der Waals surface area contributed by atoms with Gasteiger partial charge in [-0.25, -0.2) is 0 Å². The Morgan fingerprint density at radius 3 is 2.13 bits per heavy atom. The van der Waals surface area contributed by atoms with Crippen molar-refractivity contribution in [3.8, 4) is 0 Å². The smallest absolute Gasteiger partial charge is 0.305 e. The Hall–Kier alpha value is -0.790. The molecule has 0 saturated heterocycles. The highest BCUT2D eigenvalue weighted by Gasteiger charge is 2.52. The van der Waals surface area contributed by atoms with Crippen LogP contribution in [0.1, 0.15) is 137 Å². The van der Waals surface area contributed by atoms with E-state index in [4.69, 9.17) is 4.74 Å². The van der Waals surface area contributed by atoms with E-state index in [0.717, 1.165) is 6.42 Å². The molecular formula is C29H52O2. The summed E-state index contributed by atoms with van der Waals surface area (Å²) in [5.74, 6) is 1.12. The van der Waals surface area contributed by atoms with Gasteiger partial charge in [0.2, 0.25) is 0 Å². The van der Waals surface area contributed by atoms with E-state index in [1.54, 1.807) is 0 Å². The summed E-state index contributed by atoms with van der Waals surface area (Å²) >= 11 is 0. The van der Waals surface area contributed by atoms with Gasteiger partial charge in [0.05, 0.1) is 6.61 Å². The molecule has 2 heteroatoms. The zero-order valence-corrected chi connectivity index (χ0v) is 21.6. The van der Waals surface area contributed by atoms with Gasteiger partial charge in [0.15, 0.2) is 0 Å². The zero-order valence-electron chi connectivity index (χ0n) is 21.6. The van der Waals surface area contributed by atoms with Gasteiger partial charge in [0.1, 0.15) is 0 Å². The lowest BCUT2D eigenvalue weighted by Crippen LogP contribution is -2.49. The molecule has 0 aliphatic heterocycles. The van der Waals surface area contributed by atoms with Crippen LogP contribution in [0.4, 0.5) is 0 Å². The van der Waals surface area contributed by atoms with Gasteiger partial charge >= 0.3 is 5.97 Å². The number of unbranched alkanes of at least 4 members (excludes halogenated alkanes) is 10. The largest absolute Gasteiger partial charge is 0.465 e. The van der Waals surface area contributed by atoms with Crippen LogP contribution < -0.4 is 0 Å². The van der Waals surface area contributed by atoms with Gasteiger partial charge < -0.3 is 4.74 Å². The summed E-state index contributed by atoms with van der Waals surface area (Å²) in [6, 6.07) is 0. The third kappa shape index (κ3) is 7.93. The Labute approximate surface area is 194 Å². The molecule has 2 aliphatic rings. The number of carbonyl (C=O) groups is 1. The minimum absolute atomic E-state index is 0.0181. The van der Waals surface area contributed by atoms with Crippen molar-refractivity contribution in [1.82, 2.24) is 0 Å². The van der Waals surface area contributed by atoms with Crippen molar-refractivity contribution in [2.45, 2.75) is 137 Å². The van der Waals surface area contributed by atoms with E-state index in [0.29, 0.717) is 30.3 Å². The van der Waals surface area contributed by atoms with Crippen molar-refractivity contribution in [2.24, 2.45) is 22.7 Å². The fourth-order valence-corrected chi connectivity index (χ4v) is 6.64. The van der Waals surface area contributed by atoms with Crippen LogP contribution in [-0.4, -0.2) is 12.6 Å². The van der Waals surface area contributed by atoms with Gasteiger partial charge in [-0.1, -0.05) is 110 Å². The van der Waals surface area contributed by atoms with Crippen molar-refractivity contribution in [3.63, 3.8) is 0 Å². The summed E-state index contributed by atoms with van der Waals surface area (Å²) in [4.78, 5) is 12.4. The second-order valence-corrected chi connectivity index (χ2v) is 11.6. The molecule has 0 unspecified atom stereocenters. The topological polar surface area (TPSA) is 26.3 Å². The highest BCUT2D eigenvalue weighted by molar-refractivity contribution is 5.69. The van der Waals surface area contributed by atoms with Crippen molar-refractivity contribution >= 4 is 5.97 Å². The first-order chi connectivity index (χ1) is 14.8. The lowest BCUT2D eigenvalue weighted by atomic mass is 9.49. The van der Waals surface area contributed by atoms with Crippen LogP contribution in [0.2, 0.25) is 0 Å². The Balaban J connectivity index is 1.61. The third-order valence-corrected chi connectivity index (χ3v) is 8.69. The molecule has 31 heavy (non-hydrogen) atoms. The van der Waals surface area contributed by atoms with E-state index < -0.39 is 0 Å². The van der Waals surface area contributed by atoms with Gasteiger partial charge in [-0.05, 0) is 49.4 Å². The van der Waals surface area contributed by atoms with Crippen LogP contribution in [0.25, 0.3) is 0 Å². The molecule has 2 nitrogen and oxygen atoms in total. The average Bonchev–Trinajstić information content (AvgIpc) is 2.70. The van der Waals surface area contributed by atoms with Gasteiger partial charge in [0, 0.05) is 12.3 Å². The van der Waals surface area contributed by atoms with Gasteiger partial charge in [-0.3, -0.25) is 4.79 Å². The van der Waals surface area contributed by atoms with E-state index in [9.17, 15) is 4.79 Å². The average molecular weight is 433 g/mol. The molecule has 0 heterocycles. The lowest BCUT2D eigenvalue weighted by Gasteiger charge is -2.56. The predicted molar refractivity (Wildman–Crippen MR) is 133 cm³/mol. The Kier molecular flexibility index (Phi) is 11.1. The molecule has 0 radical (unpaired) electrons. The number of ether oxygens (including phenoxy) is 1. The summed E-state index contributed by atoms with van der Waals surface area (Å²) < 4.78 is 5.85. The van der Waals surface area contributed by atoms with Gasteiger partial charge in [-0.2, -0.15) is 0 Å². The number of hydrogen-bond donors (Lipinski definition) is 0. The predicted octanol–water partition coefficient (Wildman–Crippen LogP) is 9.03. The molecule has 0 aromatic heterocycles. The van der Waals surface area contributed by atoms with E-state index in [1.807, 2.05) is 0 Å². The minimum Gasteiger partial charge on any atom is -0.465 e. The number of rotatable bonds is 14. The molecule has 0 aromatic carbocycles. The van der Waals surface area contributed by atoms with Crippen LogP contribution in [0.5, 0.6) is 0 Å². The standard InChI is InChI=1S/C29H52O2/c1-6-7-8-9-10-11-12-13-14-15-16-18-27(30)31-23-25-24(2)19-20-26-28(3,4)21-17-22-29(25,26)5/h19,25-26H,6-18,20-23H2,1-5H3/t25-,26-,29+/m0/s1. The molecule has 180 valence electrons. The quantitative estimate of drug-likeness (QED) is 0.155. The second kappa shape index (κ2) is 13.0. The molecule has 3 atom stereocenters. The van der Waals surface area contributed by atoms with Crippen molar-refractivity contribution in [3.05, 3.63) is 11.6 Å². The first-order valence-corrected chi connectivity index (χ1v) is 13.6. The van der Waals surface area contributed by atoms with Crippen LogP contribution in [0.3, 0.4) is 0 Å². The number of allylic oxidation sites excluding steroid dienone is 1. The number of hydrogen-bond acceptors (Lipinski definition) is 2. The molecule has 2 rings (SSSR count). The van der Waals surface area contributed by atoms with Crippen molar-refractivity contribution in [1.29, 1.82) is 0 Å². The second-order valence-electron chi connectivity index (χ2n) is 11.6. The molecule has 0 amide bonds. The van der Waals surface area contributed by atoms with Crippen LogP contribution >= 0.6 is 0 Å². The monoisotopic (exact) mass is 432 g/mol. The SMILES string of the molecule is CCCCCCCCCCCCCC(=O)OC[C@H]1C(C)=CC[C@H]2C(C)(C)CCC[C@]12C. The highest BCUT2D eigenvalue weighted by Crippen LogP contribution is 2.59. The van der Waals surface area contributed by atoms with Gasteiger partial charge in [0.25, 0.3) is 0 Å². The maximum atomic E-state index is 12.4. The van der Waals surface area contributed by atoms with E-state index >= 15 is 0 Å². The molecule has 1 fully saturated rings. The van der Waals surface area contributed by atoms with Crippen LogP contribution in [-0.2, 0) is 9.53 Å². The molecule has 0 spiro atoms.